The lowest BCUT2D eigenvalue weighted by Gasteiger charge is -2.06. The molecule has 9 nitrogen and oxygen atoms in total. The summed E-state index contributed by atoms with van der Waals surface area (Å²) in [5, 5.41) is 15.2. The topological polar surface area (TPSA) is 109 Å². The second kappa shape index (κ2) is 5.31. The number of rotatable bonds is 3. The Balaban J connectivity index is 1.56. The average Bonchev–Trinajstić information content (AvgIpc) is 3.33. The molecule has 0 bridgehead atoms. The lowest BCUT2D eigenvalue weighted by molar-refractivity contribution is 0.767. The van der Waals surface area contributed by atoms with Crippen LogP contribution in [0.2, 0.25) is 0 Å². The van der Waals surface area contributed by atoms with E-state index in [0.717, 1.165) is 22.3 Å². The van der Waals surface area contributed by atoms with Crippen molar-refractivity contribution in [3.8, 4) is 5.69 Å². The third-order valence-corrected chi connectivity index (χ3v) is 4.22. The van der Waals surface area contributed by atoms with E-state index in [9.17, 15) is 4.79 Å². The highest BCUT2D eigenvalue weighted by Gasteiger charge is 2.12. The van der Waals surface area contributed by atoms with Crippen LogP contribution in [0.25, 0.3) is 27.6 Å². The second-order valence-corrected chi connectivity index (χ2v) is 6.00. The first-order chi connectivity index (χ1) is 12.7. The highest BCUT2D eigenvalue weighted by molar-refractivity contribution is 5.83. The van der Waals surface area contributed by atoms with Gasteiger partial charge >= 0.3 is 0 Å². The summed E-state index contributed by atoms with van der Waals surface area (Å²) in [5.74, 6) is 0.380. The fourth-order valence-electron chi connectivity index (χ4n) is 3.01. The molecule has 5 aromatic rings. The van der Waals surface area contributed by atoms with E-state index in [4.69, 9.17) is 0 Å². The van der Waals surface area contributed by atoms with Gasteiger partial charge in [-0.25, -0.2) is 4.98 Å². The van der Waals surface area contributed by atoms with Crippen LogP contribution in [0.3, 0.4) is 0 Å². The van der Waals surface area contributed by atoms with Crippen molar-refractivity contribution in [2.45, 2.75) is 0 Å². The van der Waals surface area contributed by atoms with Crippen LogP contribution in [0.5, 0.6) is 0 Å². The van der Waals surface area contributed by atoms with E-state index in [0.29, 0.717) is 17.0 Å². The van der Waals surface area contributed by atoms with Crippen molar-refractivity contribution in [3.63, 3.8) is 0 Å². The van der Waals surface area contributed by atoms with Crippen LogP contribution < -0.4 is 10.9 Å². The van der Waals surface area contributed by atoms with Gasteiger partial charge in [0, 0.05) is 30.5 Å². The van der Waals surface area contributed by atoms with Crippen LogP contribution in [0.15, 0.2) is 53.8 Å². The van der Waals surface area contributed by atoms with Gasteiger partial charge in [-0.3, -0.25) is 19.6 Å². The fraction of sp³-hybridized carbons (Fsp3) is 0.0588. The first-order valence-corrected chi connectivity index (χ1v) is 7.98. The number of aromatic nitrogens is 7. The summed E-state index contributed by atoms with van der Waals surface area (Å²) in [5.41, 5.74) is 3.36. The number of aromatic amines is 2. The van der Waals surface area contributed by atoms with Gasteiger partial charge in [-0.1, -0.05) is 0 Å². The molecule has 26 heavy (non-hydrogen) atoms. The summed E-state index contributed by atoms with van der Waals surface area (Å²) in [6.07, 6.45) is 7.10. The highest BCUT2D eigenvalue weighted by atomic mass is 16.1. The average molecular weight is 346 g/mol. The molecule has 9 heteroatoms. The number of H-pyrrole nitrogens is 2. The van der Waals surface area contributed by atoms with Crippen molar-refractivity contribution >= 4 is 33.6 Å². The standard InChI is InChI=1S/C17H14N8O/c1-24-9-12(8-19-24)25-5-4-13-15(25)16(26)22-17(21-13)20-11-3-2-10-7-18-23-14(10)6-11/h2-9H,1H3,(H,18,23)(H2,20,21,22,26). The summed E-state index contributed by atoms with van der Waals surface area (Å²) < 4.78 is 3.46. The Morgan fingerprint density at radius 3 is 2.96 bits per heavy atom. The van der Waals surface area contributed by atoms with Crippen molar-refractivity contribution in [1.29, 1.82) is 0 Å². The maximum atomic E-state index is 12.6. The number of nitrogens with zero attached hydrogens (tertiary/aromatic N) is 5. The molecule has 0 aliphatic carbocycles. The maximum Gasteiger partial charge on any atom is 0.277 e. The van der Waals surface area contributed by atoms with E-state index in [1.807, 2.05) is 37.6 Å². The SMILES string of the molecule is Cn1cc(-n2ccc3nc(Nc4ccc5cn[nH]c5c4)[nH]c(=O)c32)cn1. The molecule has 4 aromatic heterocycles. The quantitative estimate of drug-likeness (QED) is 0.463. The van der Waals surface area contributed by atoms with Crippen LogP contribution in [0.4, 0.5) is 11.6 Å². The third-order valence-electron chi connectivity index (χ3n) is 4.22. The Labute approximate surface area is 146 Å². The van der Waals surface area contributed by atoms with E-state index in [2.05, 4.69) is 30.6 Å². The Kier molecular flexibility index (Phi) is 2.95. The van der Waals surface area contributed by atoms with E-state index in [1.165, 1.54) is 0 Å². The molecular weight excluding hydrogens is 332 g/mol. The molecule has 0 aliphatic heterocycles. The number of fused-ring (bicyclic) bond motifs is 2. The van der Waals surface area contributed by atoms with Crippen molar-refractivity contribution in [2.24, 2.45) is 7.05 Å². The summed E-state index contributed by atoms with van der Waals surface area (Å²) >= 11 is 0. The summed E-state index contributed by atoms with van der Waals surface area (Å²) in [6, 6.07) is 7.56. The lowest BCUT2D eigenvalue weighted by atomic mass is 10.2. The van der Waals surface area contributed by atoms with Crippen LogP contribution >= 0.6 is 0 Å². The number of benzene rings is 1. The van der Waals surface area contributed by atoms with Gasteiger partial charge in [0.25, 0.3) is 5.56 Å². The smallest absolute Gasteiger partial charge is 0.277 e. The van der Waals surface area contributed by atoms with Crippen LogP contribution in [0, 0.1) is 0 Å². The molecule has 4 heterocycles. The minimum atomic E-state index is -0.228. The van der Waals surface area contributed by atoms with Crippen molar-refractivity contribution in [2.75, 3.05) is 5.32 Å². The largest absolute Gasteiger partial charge is 0.326 e. The Morgan fingerprint density at radius 2 is 2.12 bits per heavy atom. The first-order valence-electron chi connectivity index (χ1n) is 7.98. The molecular formula is C17H14N8O. The van der Waals surface area contributed by atoms with Gasteiger partial charge in [0.15, 0.2) is 0 Å². The number of hydrogen-bond donors (Lipinski definition) is 3. The van der Waals surface area contributed by atoms with Crippen LogP contribution in [0.1, 0.15) is 0 Å². The molecule has 0 atom stereocenters. The van der Waals surface area contributed by atoms with E-state index in [-0.39, 0.29) is 5.56 Å². The van der Waals surface area contributed by atoms with Crippen LogP contribution in [-0.4, -0.2) is 34.5 Å². The normalized spacial score (nSPS) is 11.4. The van der Waals surface area contributed by atoms with Gasteiger partial charge < -0.3 is 9.88 Å². The molecule has 0 aliphatic rings. The van der Waals surface area contributed by atoms with Gasteiger partial charge in [0.05, 0.1) is 29.1 Å². The van der Waals surface area contributed by atoms with Gasteiger partial charge in [-0.2, -0.15) is 10.2 Å². The fourth-order valence-corrected chi connectivity index (χ4v) is 3.01. The van der Waals surface area contributed by atoms with Gasteiger partial charge in [-0.15, -0.1) is 0 Å². The molecule has 1 aromatic carbocycles. The minimum Gasteiger partial charge on any atom is -0.326 e. The van der Waals surface area contributed by atoms with Crippen molar-refractivity contribution < 1.29 is 0 Å². The molecule has 0 spiro atoms. The predicted octanol–water partition coefficient (Wildman–Crippen LogP) is 2.07. The van der Waals surface area contributed by atoms with E-state index < -0.39 is 0 Å². The Hall–Kier alpha value is -3.88. The lowest BCUT2D eigenvalue weighted by Crippen LogP contribution is -2.13. The highest BCUT2D eigenvalue weighted by Crippen LogP contribution is 2.20. The number of anilines is 2. The predicted molar refractivity (Wildman–Crippen MR) is 97.8 cm³/mol. The zero-order valence-corrected chi connectivity index (χ0v) is 13.8. The number of hydrogen-bond acceptors (Lipinski definition) is 5. The molecule has 0 unspecified atom stereocenters. The molecule has 5 rings (SSSR count). The molecule has 0 saturated carbocycles. The van der Waals surface area contributed by atoms with E-state index in [1.54, 1.807) is 27.7 Å². The first kappa shape index (κ1) is 14.5. The molecule has 3 N–H and O–H groups in total. The van der Waals surface area contributed by atoms with Gasteiger partial charge in [0.1, 0.15) is 5.52 Å². The van der Waals surface area contributed by atoms with Crippen LogP contribution in [-0.2, 0) is 7.05 Å². The minimum absolute atomic E-state index is 0.228. The zero-order chi connectivity index (χ0) is 17.7. The molecule has 128 valence electrons. The third kappa shape index (κ3) is 2.25. The maximum absolute atomic E-state index is 12.6. The summed E-state index contributed by atoms with van der Waals surface area (Å²) in [6.45, 7) is 0. The van der Waals surface area contributed by atoms with Crippen molar-refractivity contribution in [3.05, 3.63) is 59.4 Å². The molecule has 0 radical (unpaired) electrons. The summed E-state index contributed by atoms with van der Waals surface area (Å²) in [4.78, 5) is 19.9. The summed E-state index contributed by atoms with van der Waals surface area (Å²) in [7, 11) is 1.83. The molecule has 0 fully saturated rings. The van der Waals surface area contributed by atoms with Crippen molar-refractivity contribution in [1.82, 2.24) is 34.5 Å². The molecule has 0 saturated heterocycles. The van der Waals surface area contributed by atoms with Gasteiger partial charge in [-0.05, 0) is 24.3 Å². The zero-order valence-electron chi connectivity index (χ0n) is 13.8. The van der Waals surface area contributed by atoms with Gasteiger partial charge in [0.2, 0.25) is 5.95 Å². The Morgan fingerprint density at radius 1 is 1.19 bits per heavy atom. The number of aryl methyl sites for hydroxylation is 1. The van der Waals surface area contributed by atoms with E-state index >= 15 is 0 Å². The Bertz CT molecular complexity index is 1310. The molecule has 0 amide bonds. The number of nitrogens with one attached hydrogen (secondary N) is 3. The monoisotopic (exact) mass is 346 g/mol. The second-order valence-electron chi connectivity index (χ2n) is 6.00.